The Morgan fingerprint density at radius 1 is 1.33 bits per heavy atom. The molecule has 5 heteroatoms. The van der Waals surface area contributed by atoms with Gasteiger partial charge in [0.2, 0.25) is 0 Å². The van der Waals surface area contributed by atoms with Gasteiger partial charge in [0, 0.05) is 20.1 Å². The van der Waals surface area contributed by atoms with Crippen LogP contribution >= 0.6 is 0 Å². The minimum Gasteiger partial charge on any atom is -0.483 e. The highest BCUT2D eigenvalue weighted by molar-refractivity contribution is 5.80. The lowest BCUT2D eigenvalue weighted by atomic mass is 10.2. The van der Waals surface area contributed by atoms with Crippen molar-refractivity contribution in [1.82, 2.24) is 9.80 Å². The molecule has 1 aliphatic rings. The van der Waals surface area contributed by atoms with Gasteiger partial charge < -0.3 is 14.5 Å². The number of likely N-dealkylation sites (N-methyl/N-ethyl adjacent to an activating group) is 1. The molecule has 114 valence electrons. The van der Waals surface area contributed by atoms with Gasteiger partial charge in [-0.1, -0.05) is 12.1 Å². The SMILES string of the molecule is CN(CCN1CCCC1)C(=O)COc1ccccc1C=O. The lowest BCUT2D eigenvalue weighted by Crippen LogP contribution is -2.37. The summed E-state index contributed by atoms with van der Waals surface area (Å²) in [4.78, 5) is 26.9. The normalized spacial score (nSPS) is 14.9. The summed E-state index contributed by atoms with van der Waals surface area (Å²) in [6.45, 7) is 3.84. The Morgan fingerprint density at radius 3 is 2.76 bits per heavy atom. The molecular formula is C16H22N2O3. The van der Waals surface area contributed by atoms with Gasteiger partial charge in [0.05, 0.1) is 5.56 Å². The lowest BCUT2D eigenvalue weighted by molar-refractivity contribution is -0.132. The van der Waals surface area contributed by atoms with Crippen LogP contribution in [0.15, 0.2) is 24.3 Å². The number of rotatable bonds is 7. The number of likely N-dealkylation sites (tertiary alicyclic amines) is 1. The van der Waals surface area contributed by atoms with Gasteiger partial charge in [0.1, 0.15) is 5.75 Å². The maximum absolute atomic E-state index is 12.0. The van der Waals surface area contributed by atoms with Gasteiger partial charge in [-0.25, -0.2) is 0 Å². The van der Waals surface area contributed by atoms with Crippen LogP contribution in [0.1, 0.15) is 23.2 Å². The van der Waals surface area contributed by atoms with E-state index in [1.807, 2.05) is 0 Å². The Balaban J connectivity index is 1.76. The number of ether oxygens (including phenoxy) is 1. The van der Waals surface area contributed by atoms with E-state index in [1.54, 1.807) is 36.2 Å². The van der Waals surface area contributed by atoms with Crippen molar-refractivity contribution in [2.45, 2.75) is 12.8 Å². The number of carbonyl (C=O) groups is 2. The van der Waals surface area contributed by atoms with Crippen molar-refractivity contribution in [3.63, 3.8) is 0 Å². The van der Waals surface area contributed by atoms with E-state index in [9.17, 15) is 9.59 Å². The average Bonchev–Trinajstić information content (AvgIpc) is 3.03. The minimum atomic E-state index is -0.0742. The number of nitrogens with zero attached hydrogens (tertiary/aromatic N) is 2. The molecule has 1 heterocycles. The second kappa shape index (κ2) is 7.78. The molecule has 0 spiro atoms. The molecule has 0 bridgehead atoms. The molecule has 1 amide bonds. The zero-order chi connectivity index (χ0) is 15.1. The number of hydrogen-bond donors (Lipinski definition) is 0. The molecule has 1 fully saturated rings. The molecule has 0 aliphatic carbocycles. The van der Waals surface area contributed by atoms with Crippen molar-refractivity contribution in [1.29, 1.82) is 0 Å². The Bertz CT molecular complexity index is 484. The number of hydrogen-bond acceptors (Lipinski definition) is 4. The van der Waals surface area contributed by atoms with Gasteiger partial charge >= 0.3 is 0 Å². The van der Waals surface area contributed by atoms with Crippen molar-refractivity contribution in [3.05, 3.63) is 29.8 Å². The number of amides is 1. The minimum absolute atomic E-state index is 0.0403. The molecular weight excluding hydrogens is 268 g/mol. The largest absolute Gasteiger partial charge is 0.483 e. The zero-order valence-electron chi connectivity index (χ0n) is 12.5. The van der Waals surface area contributed by atoms with Gasteiger partial charge in [0.25, 0.3) is 5.91 Å². The second-order valence-corrected chi connectivity index (χ2v) is 5.31. The van der Waals surface area contributed by atoms with Crippen LogP contribution in [-0.2, 0) is 4.79 Å². The van der Waals surface area contributed by atoms with Crippen LogP contribution in [0.5, 0.6) is 5.75 Å². The van der Waals surface area contributed by atoms with E-state index in [0.717, 1.165) is 25.9 Å². The summed E-state index contributed by atoms with van der Waals surface area (Å²) in [5, 5.41) is 0. The quantitative estimate of drug-likeness (QED) is 0.713. The standard InChI is InChI=1S/C16H22N2O3/c1-17(10-11-18-8-4-5-9-18)16(20)13-21-15-7-3-2-6-14(15)12-19/h2-3,6-7,12H,4-5,8-11,13H2,1H3. The maximum atomic E-state index is 12.0. The van der Waals surface area contributed by atoms with Crippen molar-refractivity contribution in [2.24, 2.45) is 0 Å². The highest BCUT2D eigenvalue weighted by Crippen LogP contribution is 2.15. The predicted molar refractivity (Wildman–Crippen MR) is 80.6 cm³/mol. The number of para-hydroxylation sites is 1. The van der Waals surface area contributed by atoms with E-state index in [1.165, 1.54) is 12.8 Å². The van der Waals surface area contributed by atoms with E-state index >= 15 is 0 Å². The summed E-state index contributed by atoms with van der Waals surface area (Å²) >= 11 is 0. The summed E-state index contributed by atoms with van der Waals surface area (Å²) in [7, 11) is 1.79. The smallest absolute Gasteiger partial charge is 0.260 e. The lowest BCUT2D eigenvalue weighted by Gasteiger charge is -2.21. The molecule has 1 saturated heterocycles. The van der Waals surface area contributed by atoms with Gasteiger partial charge in [-0.15, -0.1) is 0 Å². The molecule has 1 aliphatic heterocycles. The van der Waals surface area contributed by atoms with Crippen LogP contribution in [-0.4, -0.2) is 61.8 Å². The van der Waals surface area contributed by atoms with E-state index in [4.69, 9.17) is 4.74 Å². The predicted octanol–water partition coefficient (Wildman–Crippen LogP) is 1.43. The summed E-state index contributed by atoms with van der Waals surface area (Å²) < 4.78 is 5.45. The van der Waals surface area contributed by atoms with Gasteiger partial charge in [-0.2, -0.15) is 0 Å². The highest BCUT2D eigenvalue weighted by Gasteiger charge is 2.15. The molecule has 1 aromatic carbocycles. The van der Waals surface area contributed by atoms with Gasteiger partial charge in [0.15, 0.2) is 12.9 Å². The molecule has 21 heavy (non-hydrogen) atoms. The van der Waals surface area contributed by atoms with Crippen LogP contribution in [0.4, 0.5) is 0 Å². The summed E-state index contributed by atoms with van der Waals surface area (Å²) in [6, 6.07) is 6.91. The average molecular weight is 290 g/mol. The first-order valence-corrected chi connectivity index (χ1v) is 7.34. The fourth-order valence-electron chi connectivity index (χ4n) is 2.38. The van der Waals surface area contributed by atoms with Gasteiger partial charge in [-0.3, -0.25) is 9.59 Å². The molecule has 0 N–H and O–H groups in total. The monoisotopic (exact) mass is 290 g/mol. The van der Waals surface area contributed by atoms with Crippen molar-refractivity contribution < 1.29 is 14.3 Å². The molecule has 0 radical (unpaired) electrons. The zero-order valence-corrected chi connectivity index (χ0v) is 12.5. The highest BCUT2D eigenvalue weighted by atomic mass is 16.5. The first kappa shape index (κ1) is 15.5. The maximum Gasteiger partial charge on any atom is 0.260 e. The second-order valence-electron chi connectivity index (χ2n) is 5.31. The summed E-state index contributed by atoms with van der Waals surface area (Å²) in [5.41, 5.74) is 0.463. The molecule has 5 nitrogen and oxygen atoms in total. The number of aldehydes is 1. The fourth-order valence-corrected chi connectivity index (χ4v) is 2.38. The third-order valence-corrected chi connectivity index (χ3v) is 3.77. The summed E-state index contributed by atoms with van der Waals surface area (Å²) in [6.07, 6.45) is 3.24. The molecule has 0 unspecified atom stereocenters. The topological polar surface area (TPSA) is 49.9 Å². The van der Waals surface area contributed by atoms with Crippen LogP contribution in [0.2, 0.25) is 0 Å². The van der Waals surface area contributed by atoms with Crippen molar-refractivity contribution in [2.75, 3.05) is 39.8 Å². The third kappa shape index (κ3) is 4.56. The van der Waals surface area contributed by atoms with Crippen LogP contribution < -0.4 is 4.74 Å². The molecule has 0 saturated carbocycles. The van der Waals surface area contributed by atoms with Crippen LogP contribution in [0.25, 0.3) is 0 Å². The number of carbonyl (C=O) groups excluding carboxylic acids is 2. The van der Waals surface area contributed by atoms with Gasteiger partial charge in [-0.05, 0) is 38.1 Å². The Morgan fingerprint density at radius 2 is 2.05 bits per heavy atom. The number of benzene rings is 1. The van der Waals surface area contributed by atoms with E-state index in [0.29, 0.717) is 17.9 Å². The fraction of sp³-hybridized carbons (Fsp3) is 0.500. The molecule has 1 aromatic rings. The Labute approximate surface area is 125 Å². The van der Waals surface area contributed by atoms with Crippen molar-refractivity contribution >= 4 is 12.2 Å². The molecule has 0 atom stereocenters. The first-order valence-electron chi connectivity index (χ1n) is 7.34. The van der Waals surface area contributed by atoms with E-state index < -0.39 is 0 Å². The Kier molecular flexibility index (Phi) is 5.75. The van der Waals surface area contributed by atoms with E-state index in [-0.39, 0.29) is 12.5 Å². The molecule has 0 aromatic heterocycles. The van der Waals surface area contributed by atoms with E-state index in [2.05, 4.69) is 4.90 Å². The Hall–Kier alpha value is -1.88. The van der Waals surface area contributed by atoms with Crippen molar-refractivity contribution in [3.8, 4) is 5.75 Å². The first-order chi connectivity index (χ1) is 10.2. The third-order valence-electron chi connectivity index (χ3n) is 3.77. The summed E-state index contributed by atoms with van der Waals surface area (Å²) in [5.74, 6) is 0.378. The van der Waals surface area contributed by atoms with Crippen LogP contribution in [0, 0.1) is 0 Å². The molecule has 2 rings (SSSR count). The van der Waals surface area contributed by atoms with Crippen LogP contribution in [0.3, 0.4) is 0 Å².